The molecule has 7 heteroatoms. The van der Waals surface area contributed by atoms with Crippen LogP contribution in [0.4, 0.5) is 14.9 Å². The van der Waals surface area contributed by atoms with Gasteiger partial charge in [0, 0.05) is 13.6 Å². The molecule has 1 N–H and O–H groups in total. The first-order valence-corrected chi connectivity index (χ1v) is 8.95. The fourth-order valence-corrected chi connectivity index (χ4v) is 5.20. The molecule has 4 atom stereocenters. The van der Waals surface area contributed by atoms with Gasteiger partial charge in [-0.1, -0.05) is 26.0 Å². The lowest BCUT2D eigenvalue weighted by Crippen LogP contribution is -2.73. The van der Waals surface area contributed by atoms with Gasteiger partial charge in [0.2, 0.25) is 11.8 Å². The monoisotopic (exact) mass is 359 g/mol. The molecule has 0 unspecified atom stereocenters. The quantitative estimate of drug-likeness (QED) is 0.719. The Labute approximate surface area is 151 Å². The number of halogens is 1. The van der Waals surface area contributed by atoms with Gasteiger partial charge in [-0.2, -0.15) is 0 Å². The summed E-state index contributed by atoms with van der Waals surface area (Å²) in [5.74, 6) is -1.10. The fourth-order valence-electron chi connectivity index (χ4n) is 5.20. The lowest BCUT2D eigenvalue weighted by atomic mass is 9.62. The van der Waals surface area contributed by atoms with Gasteiger partial charge in [-0.05, 0) is 36.3 Å². The number of fused-ring (bicyclic) bond motifs is 4. The summed E-state index contributed by atoms with van der Waals surface area (Å²) in [5.41, 5.74) is -0.293. The first kappa shape index (κ1) is 17.0. The molecule has 0 radical (unpaired) electrons. The lowest BCUT2D eigenvalue weighted by molar-refractivity contribution is -0.154. The Kier molecular flexibility index (Phi) is 3.61. The molecule has 26 heavy (non-hydrogen) atoms. The largest absolute Gasteiger partial charge is 0.364 e. The topological polar surface area (TPSA) is 69.7 Å². The van der Waals surface area contributed by atoms with Gasteiger partial charge in [-0.15, -0.1) is 0 Å². The Morgan fingerprint density at radius 1 is 1.23 bits per heavy atom. The predicted molar refractivity (Wildman–Crippen MR) is 92.9 cm³/mol. The number of benzene rings is 1. The van der Waals surface area contributed by atoms with E-state index in [1.165, 1.54) is 13.1 Å². The molecule has 0 aromatic heterocycles. The number of amides is 4. The number of barbiturate groups is 1. The number of hydrogen-bond donors (Lipinski definition) is 1. The number of nitrogens with zero attached hydrogens (tertiary/aromatic N) is 2. The maximum Gasteiger partial charge on any atom is 0.330 e. The van der Waals surface area contributed by atoms with Crippen LogP contribution in [0, 0.1) is 23.1 Å². The van der Waals surface area contributed by atoms with Crippen molar-refractivity contribution in [3.05, 3.63) is 29.6 Å². The molecule has 1 aromatic carbocycles. The highest BCUT2D eigenvalue weighted by Gasteiger charge is 2.63. The van der Waals surface area contributed by atoms with Crippen molar-refractivity contribution >= 4 is 23.5 Å². The van der Waals surface area contributed by atoms with E-state index in [0.29, 0.717) is 23.7 Å². The lowest BCUT2D eigenvalue weighted by Gasteiger charge is -2.56. The molecule has 3 heterocycles. The van der Waals surface area contributed by atoms with Crippen LogP contribution in [0.15, 0.2) is 18.2 Å². The second kappa shape index (κ2) is 5.53. The highest BCUT2D eigenvalue weighted by molar-refractivity contribution is 6.20. The molecule has 0 bridgehead atoms. The normalized spacial score (nSPS) is 33.8. The minimum atomic E-state index is -1.41. The number of imide groups is 2. The summed E-state index contributed by atoms with van der Waals surface area (Å²) in [6.45, 7) is 4.66. The maximum atomic E-state index is 14.7. The second-order valence-corrected chi connectivity index (χ2v) is 7.93. The van der Waals surface area contributed by atoms with Gasteiger partial charge >= 0.3 is 6.03 Å². The van der Waals surface area contributed by atoms with Crippen LogP contribution < -0.4 is 10.2 Å². The van der Waals surface area contributed by atoms with Gasteiger partial charge in [0.1, 0.15) is 5.82 Å². The second-order valence-electron chi connectivity index (χ2n) is 7.93. The van der Waals surface area contributed by atoms with E-state index in [-0.39, 0.29) is 18.2 Å². The molecular weight excluding hydrogens is 337 g/mol. The summed E-state index contributed by atoms with van der Waals surface area (Å²) in [6.07, 6.45) is 0.938. The van der Waals surface area contributed by atoms with Crippen molar-refractivity contribution in [1.82, 2.24) is 10.2 Å². The predicted octanol–water partition coefficient (Wildman–Crippen LogP) is 1.93. The molecule has 2 saturated heterocycles. The van der Waals surface area contributed by atoms with Gasteiger partial charge in [-0.3, -0.25) is 19.8 Å². The number of urea groups is 1. The van der Waals surface area contributed by atoms with E-state index >= 15 is 0 Å². The smallest absolute Gasteiger partial charge is 0.330 e. The van der Waals surface area contributed by atoms with Crippen molar-refractivity contribution in [3.8, 4) is 0 Å². The zero-order valence-corrected chi connectivity index (χ0v) is 15.1. The summed E-state index contributed by atoms with van der Waals surface area (Å²) in [7, 11) is 1.38. The average molecular weight is 359 g/mol. The van der Waals surface area contributed by atoms with Crippen LogP contribution in [-0.2, 0) is 16.0 Å². The minimum Gasteiger partial charge on any atom is -0.364 e. The van der Waals surface area contributed by atoms with Crippen molar-refractivity contribution < 1.29 is 18.8 Å². The molecule has 1 aromatic rings. The Morgan fingerprint density at radius 3 is 2.69 bits per heavy atom. The molecular formula is C19H22FN3O3. The summed E-state index contributed by atoms with van der Waals surface area (Å²) in [6, 6.07) is 3.58. The molecule has 6 nitrogen and oxygen atoms in total. The first-order valence-electron chi connectivity index (χ1n) is 8.95. The third-order valence-electron chi connectivity index (χ3n) is 6.11. The standard InChI is InChI=1S/C19H22FN3O3/c1-10-7-11(2)15-19(16(24)21-18(26)22(3)17(19)25)8-12-5-4-6-13(20)14(12)23(15)9-10/h4-6,10-11,15H,7-9H2,1-3H3,(H,21,24,26)/t10-,11-,15-,19+/m1/s1. The molecule has 3 aliphatic heterocycles. The van der Waals surface area contributed by atoms with E-state index in [4.69, 9.17) is 0 Å². The van der Waals surface area contributed by atoms with E-state index in [1.54, 1.807) is 12.1 Å². The van der Waals surface area contributed by atoms with Crippen molar-refractivity contribution in [1.29, 1.82) is 0 Å². The summed E-state index contributed by atoms with van der Waals surface area (Å²) < 4.78 is 14.7. The van der Waals surface area contributed by atoms with Gasteiger partial charge in [-0.25, -0.2) is 9.18 Å². The van der Waals surface area contributed by atoms with Crippen LogP contribution >= 0.6 is 0 Å². The van der Waals surface area contributed by atoms with Crippen LogP contribution in [-0.4, -0.2) is 42.4 Å². The molecule has 138 valence electrons. The van der Waals surface area contributed by atoms with E-state index in [1.807, 2.05) is 11.8 Å². The highest BCUT2D eigenvalue weighted by Crippen LogP contribution is 2.50. The van der Waals surface area contributed by atoms with Crippen molar-refractivity contribution in [2.24, 2.45) is 17.3 Å². The number of piperidine rings is 1. The van der Waals surface area contributed by atoms with Crippen LogP contribution in [0.5, 0.6) is 0 Å². The van der Waals surface area contributed by atoms with E-state index in [2.05, 4.69) is 12.2 Å². The van der Waals surface area contributed by atoms with Crippen molar-refractivity contribution in [2.75, 3.05) is 18.5 Å². The number of anilines is 1. The summed E-state index contributed by atoms with van der Waals surface area (Å²) in [4.78, 5) is 41.0. The Balaban J connectivity index is 1.95. The fraction of sp³-hybridized carbons (Fsp3) is 0.526. The highest BCUT2D eigenvalue weighted by atomic mass is 19.1. The summed E-state index contributed by atoms with van der Waals surface area (Å²) in [5, 5.41) is 2.34. The van der Waals surface area contributed by atoms with Crippen LogP contribution in [0.25, 0.3) is 0 Å². The number of rotatable bonds is 0. The number of carbonyl (C=O) groups excluding carboxylic acids is 3. The first-order chi connectivity index (χ1) is 12.3. The van der Waals surface area contributed by atoms with Gasteiger partial charge in [0.15, 0.2) is 5.41 Å². The third kappa shape index (κ3) is 2.06. The molecule has 4 rings (SSSR count). The third-order valence-corrected chi connectivity index (χ3v) is 6.11. The number of hydrogen-bond acceptors (Lipinski definition) is 4. The maximum absolute atomic E-state index is 14.7. The van der Waals surface area contributed by atoms with Crippen LogP contribution in [0.1, 0.15) is 25.8 Å². The molecule has 4 amide bonds. The van der Waals surface area contributed by atoms with E-state index in [9.17, 15) is 18.8 Å². The van der Waals surface area contributed by atoms with Crippen LogP contribution in [0.2, 0.25) is 0 Å². The molecule has 2 fully saturated rings. The SMILES string of the molecule is C[C@@H]1C[C@@H](C)[C@H]2N(C1)c1c(F)cccc1C[C@@]21C(=O)NC(=O)N(C)C1=O. The number of nitrogens with one attached hydrogen (secondary N) is 1. The zero-order valence-electron chi connectivity index (χ0n) is 15.1. The molecule has 0 aliphatic carbocycles. The summed E-state index contributed by atoms with van der Waals surface area (Å²) >= 11 is 0. The van der Waals surface area contributed by atoms with Gasteiger partial charge < -0.3 is 4.90 Å². The molecule has 1 spiro atoms. The Bertz CT molecular complexity index is 826. The van der Waals surface area contributed by atoms with Gasteiger partial charge in [0.05, 0.1) is 11.7 Å². The minimum absolute atomic E-state index is 0.00260. The Hall–Kier alpha value is -2.44. The van der Waals surface area contributed by atoms with E-state index < -0.39 is 29.3 Å². The molecule has 0 saturated carbocycles. The van der Waals surface area contributed by atoms with Gasteiger partial charge in [0.25, 0.3) is 0 Å². The average Bonchev–Trinajstić information content (AvgIpc) is 2.57. The Morgan fingerprint density at radius 2 is 1.96 bits per heavy atom. The number of carbonyl (C=O) groups is 3. The zero-order chi connectivity index (χ0) is 18.8. The number of para-hydroxylation sites is 1. The van der Waals surface area contributed by atoms with Crippen molar-refractivity contribution in [2.45, 2.75) is 32.7 Å². The molecule has 3 aliphatic rings. The van der Waals surface area contributed by atoms with Crippen molar-refractivity contribution in [3.63, 3.8) is 0 Å². The van der Waals surface area contributed by atoms with Crippen LogP contribution in [0.3, 0.4) is 0 Å². The van der Waals surface area contributed by atoms with E-state index in [0.717, 1.165) is 11.3 Å².